The quantitative estimate of drug-likeness (QED) is 0.668. The first-order valence-corrected chi connectivity index (χ1v) is 5.77. The molecule has 0 aliphatic heterocycles. The number of aliphatic hydroxyl groups excluding tert-OH is 1. The zero-order chi connectivity index (χ0) is 11.8. The van der Waals surface area contributed by atoms with Crippen molar-refractivity contribution in [2.75, 3.05) is 26.8 Å². The third-order valence-electron chi connectivity index (χ3n) is 1.98. The molecule has 0 aromatic carbocycles. The summed E-state index contributed by atoms with van der Waals surface area (Å²) in [7, 11) is 1.65. The molecular formula is C9H17N3O3S. The fraction of sp³-hybridized carbons (Fsp3) is 0.778. The Kier molecular flexibility index (Phi) is 6.24. The van der Waals surface area contributed by atoms with Crippen LogP contribution < -0.4 is 10.1 Å². The van der Waals surface area contributed by atoms with Crippen LogP contribution in [0.1, 0.15) is 6.92 Å². The predicted molar refractivity (Wildman–Crippen MR) is 60.8 cm³/mol. The third kappa shape index (κ3) is 5.36. The van der Waals surface area contributed by atoms with Crippen LogP contribution in [0.15, 0.2) is 6.20 Å². The largest absolute Gasteiger partial charge is 0.473 e. The standard InChI is InChI=1S/C9H17N3O3S/c1-7(14-2)3-10-4-8(13)6-15-9-5-11-16-12-9/h5,7-8,10,13H,3-4,6H2,1-2H3. The number of aromatic nitrogens is 2. The van der Waals surface area contributed by atoms with Crippen LogP contribution in [-0.4, -0.2) is 52.9 Å². The van der Waals surface area contributed by atoms with E-state index in [9.17, 15) is 5.11 Å². The van der Waals surface area contributed by atoms with Gasteiger partial charge in [0.1, 0.15) is 18.9 Å². The van der Waals surface area contributed by atoms with Crippen molar-refractivity contribution in [3.8, 4) is 5.88 Å². The first-order chi connectivity index (χ1) is 7.72. The van der Waals surface area contributed by atoms with Crippen LogP contribution in [0.2, 0.25) is 0 Å². The molecule has 6 nitrogen and oxygen atoms in total. The Hall–Kier alpha value is -0.760. The van der Waals surface area contributed by atoms with Gasteiger partial charge in [-0.15, -0.1) is 4.37 Å². The summed E-state index contributed by atoms with van der Waals surface area (Å²) in [5.41, 5.74) is 0. The Balaban J connectivity index is 2.05. The van der Waals surface area contributed by atoms with Crippen molar-refractivity contribution in [1.82, 2.24) is 14.1 Å². The Bertz CT molecular complexity index is 271. The van der Waals surface area contributed by atoms with Crippen LogP contribution in [0.5, 0.6) is 5.88 Å². The highest BCUT2D eigenvalue weighted by Crippen LogP contribution is 2.04. The summed E-state index contributed by atoms with van der Waals surface area (Å²) >= 11 is 1.08. The highest BCUT2D eigenvalue weighted by molar-refractivity contribution is 6.99. The van der Waals surface area contributed by atoms with E-state index in [0.717, 1.165) is 11.7 Å². The van der Waals surface area contributed by atoms with Crippen molar-refractivity contribution in [2.45, 2.75) is 19.1 Å². The molecule has 0 spiro atoms. The minimum Gasteiger partial charge on any atom is -0.473 e. The summed E-state index contributed by atoms with van der Waals surface area (Å²) in [5, 5.41) is 12.6. The van der Waals surface area contributed by atoms with E-state index in [4.69, 9.17) is 9.47 Å². The normalized spacial score (nSPS) is 14.7. The summed E-state index contributed by atoms with van der Waals surface area (Å²) in [5.74, 6) is 0.453. The lowest BCUT2D eigenvalue weighted by atomic mass is 10.3. The molecule has 2 N–H and O–H groups in total. The maximum Gasteiger partial charge on any atom is 0.245 e. The van der Waals surface area contributed by atoms with Crippen LogP contribution in [-0.2, 0) is 4.74 Å². The Morgan fingerprint density at radius 1 is 1.56 bits per heavy atom. The van der Waals surface area contributed by atoms with Gasteiger partial charge < -0.3 is 19.9 Å². The fourth-order valence-corrected chi connectivity index (χ4v) is 1.36. The highest BCUT2D eigenvalue weighted by Gasteiger charge is 2.07. The zero-order valence-electron chi connectivity index (χ0n) is 9.42. The second kappa shape index (κ2) is 7.50. The molecule has 0 amide bonds. The molecule has 1 heterocycles. The summed E-state index contributed by atoms with van der Waals surface area (Å²) in [4.78, 5) is 0. The van der Waals surface area contributed by atoms with E-state index in [2.05, 4.69) is 14.1 Å². The summed E-state index contributed by atoms with van der Waals surface area (Å²) in [6, 6.07) is 0. The number of methoxy groups -OCH3 is 1. The molecule has 0 saturated carbocycles. The van der Waals surface area contributed by atoms with Crippen LogP contribution in [0.4, 0.5) is 0 Å². The topological polar surface area (TPSA) is 76.5 Å². The number of hydrogen-bond acceptors (Lipinski definition) is 7. The maximum atomic E-state index is 9.56. The van der Waals surface area contributed by atoms with Crippen LogP contribution in [0.25, 0.3) is 0 Å². The number of aliphatic hydroxyl groups is 1. The van der Waals surface area contributed by atoms with Gasteiger partial charge in [-0.25, -0.2) is 0 Å². The van der Waals surface area contributed by atoms with E-state index in [1.807, 2.05) is 6.92 Å². The maximum absolute atomic E-state index is 9.56. The monoisotopic (exact) mass is 247 g/mol. The second-order valence-electron chi connectivity index (χ2n) is 3.42. The predicted octanol–water partition coefficient (Wildman–Crippen LogP) is -0.0977. The van der Waals surface area contributed by atoms with Gasteiger partial charge in [-0.1, -0.05) is 0 Å². The lowest BCUT2D eigenvalue weighted by Gasteiger charge is -2.14. The molecule has 0 fully saturated rings. The molecule has 92 valence electrons. The van der Waals surface area contributed by atoms with Crippen molar-refractivity contribution in [3.05, 3.63) is 6.20 Å². The van der Waals surface area contributed by atoms with Gasteiger partial charge in [-0.3, -0.25) is 0 Å². The van der Waals surface area contributed by atoms with Crippen LogP contribution in [0.3, 0.4) is 0 Å². The SMILES string of the molecule is COC(C)CNCC(O)COc1cnsn1. The minimum absolute atomic E-state index is 0.135. The molecule has 0 saturated heterocycles. The first-order valence-electron chi connectivity index (χ1n) is 5.04. The Morgan fingerprint density at radius 3 is 3.00 bits per heavy atom. The number of hydrogen-bond donors (Lipinski definition) is 2. The lowest BCUT2D eigenvalue weighted by molar-refractivity contribution is 0.0892. The van der Waals surface area contributed by atoms with E-state index in [1.54, 1.807) is 7.11 Å². The molecule has 1 rings (SSSR count). The number of nitrogens with zero attached hydrogens (tertiary/aromatic N) is 2. The van der Waals surface area contributed by atoms with E-state index in [1.165, 1.54) is 6.20 Å². The highest BCUT2D eigenvalue weighted by atomic mass is 32.1. The molecule has 1 aromatic heterocycles. The zero-order valence-corrected chi connectivity index (χ0v) is 10.2. The van der Waals surface area contributed by atoms with E-state index in [-0.39, 0.29) is 12.7 Å². The van der Waals surface area contributed by atoms with Gasteiger partial charge in [0.15, 0.2) is 0 Å². The Morgan fingerprint density at radius 2 is 2.38 bits per heavy atom. The molecule has 0 bridgehead atoms. The molecule has 7 heteroatoms. The van der Waals surface area contributed by atoms with Gasteiger partial charge in [-0.05, 0) is 6.92 Å². The van der Waals surface area contributed by atoms with Crippen molar-refractivity contribution >= 4 is 11.7 Å². The number of nitrogens with one attached hydrogen (secondary N) is 1. The van der Waals surface area contributed by atoms with Crippen LogP contribution >= 0.6 is 11.7 Å². The smallest absolute Gasteiger partial charge is 0.245 e. The molecule has 2 unspecified atom stereocenters. The van der Waals surface area contributed by atoms with Crippen molar-refractivity contribution in [3.63, 3.8) is 0 Å². The van der Waals surface area contributed by atoms with Gasteiger partial charge >= 0.3 is 0 Å². The van der Waals surface area contributed by atoms with Crippen LogP contribution in [0, 0.1) is 0 Å². The molecule has 1 aromatic rings. The van der Waals surface area contributed by atoms with E-state index in [0.29, 0.717) is 19.0 Å². The summed E-state index contributed by atoms with van der Waals surface area (Å²) in [6.45, 7) is 3.33. The van der Waals surface area contributed by atoms with Gasteiger partial charge in [0.05, 0.1) is 17.8 Å². The van der Waals surface area contributed by atoms with E-state index < -0.39 is 6.10 Å². The van der Waals surface area contributed by atoms with E-state index >= 15 is 0 Å². The molecule has 0 radical (unpaired) electrons. The first kappa shape index (κ1) is 13.3. The molecular weight excluding hydrogens is 230 g/mol. The minimum atomic E-state index is -0.564. The molecule has 16 heavy (non-hydrogen) atoms. The van der Waals surface area contributed by atoms with Crippen molar-refractivity contribution in [1.29, 1.82) is 0 Å². The fourth-order valence-electron chi connectivity index (χ4n) is 0.997. The van der Waals surface area contributed by atoms with Gasteiger partial charge in [-0.2, -0.15) is 4.37 Å². The number of ether oxygens (including phenoxy) is 2. The van der Waals surface area contributed by atoms with Gasteiger partial charge in [0.2, 0.25) is 5.88 Å². The molecule has 0 aliphatic rings. The summed E-state index contributed by atoms with van der Waals surface area (Å²) < 4.78 is 17.9. The summed E-state index contributed by atoms with van der Waals surface area (Å²) in [6.07, 6.45) is 1.10. The molecule has 2 atom stereocenters. The average molecular weight is 247 g/mol. The van der Waals surface area contributed by atoms with Gasteiger partial charge in [0.25, 0.3) is 0 Å². The van der Waals surface area contributed by atoms with Crippen molar-refractivity contribution < 1.29 is 14.6 Å². The Labute approximate surface area is 98.9 Å². The van der Waals surface area contributed by atoms with Gasteiger partial charge in [0, 0.05) is 20.2 Å². The second-order valence-corrected chi connectivity index (χ2v) is 3.97. The van der Waals surface area contributed by atoms with Crippen molar-refractivity contribution in [2.24, 2.45) is 0 Å². The number of rotatable bonds is 8. The average Bonchev–Trinajstić information content (AvgIpc) is 2.79. The third-order valence-corrected chi connectivity index (χ3v) is 2.44. The lowest BCUT2D eigenvalue weighted by Crippen LogP contribution is -2.35. The molecule has 0 aliphatic carbocycles.